The molecule has 1 amide bonds. The molecule has 0 saturated heterocycles. The van der Waals surface area contributed by atoms with Crippen LogP contribution >= 0.6 is 0 Å². The van der Waals surface area contributed by atoms with Crippen molar-refractivity contribution < 1.29 is 22.5 Å². The molecule has 1 aromatic rings. The summed E-state index contributed by atoms with van der Waals surface area (Å²) in [4.78, 5) is 10.7. The van der Waals surface area contributed by atoms with Crippen LogP contribution in [0.25, 0.3) is 0 Å². The van der Waals surface area contributed by atoms with Crippen molar-refractivity contribution in [2.24, 2.45) is 0 Å². The van der Waals surface area contributed by atoms with Gasteiger partial charge in [-0.3, -0.25) is 9.35 Å². The summed E-state index contributed by atoms with van der Waals surface area (Å²) >= 11 is 0. The highest BCUT2D eigenvalue weighted by Crippen LogP contribution is 2.16. The Morgan fingerprint density at radius 2 is 2.00 bits per heavy atom. The number of benzene rings is 1. The number of carbonyl (C=O) groups is 1. The molecule has 0 saturated carbocycles. The van der Waals surface area contributed by atoms with Crippen LogP contribution in [0.5, 0.6) is 5.75 Å². The summed E-state index contributed by atoms with van der Waals surface area (Å²) < 4.78 is 31.1. The molecule has 2 N–H and O–H groups in total. The van der Waals surface area contributed by atoms with E-state index in [-0.39, 0.29) is 5.91 Å². The van der Waals surface area contributed by atoms with Crippen LogP contribution in [0.2, 0.25) is 0 Å². The van der Waals surface area contributed by atoms with E-state index >= 15 is 0 Å². The Balaban J connectivity index is 0.000000494. The quantitative estimate of drug-likeness (QED) is 0.816. The molecule has 0 aromatic heterocycles. The Morgan fingerprint density at radius 3 is 2.44 bits per heavy atom. The lowest BCUT2D eigenvalue weighted by atomic mass is 10.3. The van der Waals surface area contributed by atoms with E-state index in [0.717, 1.165) is 11.4 Å². The van der Waals surface area contributed by atoms with Crippen molar-refractivity contribution in [3.63, 3.8) is 0 Å². The predicted octanol–water partition coefficient (Wildman–Crippen LogP) is 1.55. The molecule has 0 unspecified atom stereocenters. The largest absolute Gasteiger partial charge is 0.494 e. The minimum atomic E-state index is -3.67. The lowest BCUT2D eigenvalue weighted by molar-refractivity contribution is -0.114. The number of amides is 1. The predicted molar refractivity (Wildman–Crippen MR) is 69.4 cm³/mol. The highest BCUT2D eigenvalue weighted by molar-refractivity contribution is 7.85. The van der Waals surface area contributed by atoms with Gasteiger partial charge in [-0.05, 0) is 19.1 Å². The van der Waals surface area contributed by atoms with Gasteiger partial charge in [-0.1, -0.05) is 6.07 Å². The molecule has 6 nitrogen and oxygen atoms in total. The Morgan fingerprint density at radius 1 is 1.44 bits per heavy atom. The average Bonchev–Trinajstić information content (AvgIpc) is 2.14. The second-order valence-electron chi connectivity index (χ2n) is 3.38. The Labute approximate surface area is 107 Å². The molecule has 0 atom stereocenters. The van der Waals surface area contributed by atoms with Gasteiger partial charge in [0.1, 0.15) is 5.75 Å². The maximum Gasteiger partial charge on any atom is 0.261 e. The van der Waals surface area contributed by atoms with Crippen LogP contribution in [0, 0.1) is 0 Å². The third kappa shape index (κ3) is 10.9. The van der Waals surface area contributed by atoms with E-state index in [4.69, 9.17) is 9.29 Å². The van der Waals surface area contributed by atoms with E-state index in [9.17, 15) is 13.2 Å². The number of ether oxygens (including phenoxy) is 1. The zero-order valence-electron chi connectivity index (χ0n) is 10.5. The number of hydrogen-bond acceptors (Lipinski definition) is 4. The lowest BCUT2D eigenvalue weighted by Crippen LogP contribution is -2.05. The average molecular weight is 275 g/mol. The van der Waals surface area contributed by atoms with Crippen LogP contribution in [0.3, 0.4) is 0 Å². The number of carbonyl (C=O) groups excluding carboxylic acids is 1. The topological polar surface area (TPSA) is 92.7 Å². The van der Waals surface area contributed by atoms with Crippen molar-refractivity contribution in [1.82, 2.24) is 0 Å². The molecule has 18 heavy (non-hydrogen) atoms. The van der Waals surface area contributed by atoms with Gasteiger partial charge in [0.15, 0.2) is 0 Å². The van der Waals surface area contributed by atoms with Gasteiger partial charge in [0.2, 0.25) is 5.91 Å². The molecular formula is C11H17NO5S. The summed E-state index contributed by atoms with van der Waals surface area (Å²) in [5, 5.41) is 2.68. The molecule has 0 aliphatic rings. The standard InChI is InChI=1S/C10H13NO2.CH4O3S/c1-3-13-10-6-4-5-9(7-10)11-8(2)12;1-5(2,3)4/h4-7H,3H2,1-2H3,(H,11,12);1H3,(H,2,3,4). The van der Waals surface area contributed by atoms with Crippen LogP contribution in [0.4, 0.5) is 5.69 Å². The molecule has 7 heteroatoms. The summed E-state index contributed by atoms with van der Waals surface area (Å²) in [7, 11) is -3.67. The van der Waals surface area contributed by atoms with Gasteiger partial charge in [-0.2, -0.15) is 8.42 Å². The minimum Gasteiger partial charge on any atom is -0.494 e. The second-order valence-corrected chi connectivity index (χ2v) is 4.84. The lowest BCUT2D eigenvalue weighted by Gasteiger charge is -2.05. The molecule has 0 spiro atoms. The summed E-state index contributed by atoms with van der Waals surface area (Å²) in [5.74, 6) is 0.697. The number of hydrogen-bond donors (Lipinski definition) is 2. The van der Waals surface area contributed by atoms with Gasteiger partial charge in [0.05, 0.1) is 12.9 Å². The maximum absolute atomic E-state index is 10.7. The van der Waals surface area contributed by atoms with Crippen molar-refractivity contribution in [3.8, 4) is 5.75 Å². The van der Waals surface area contributed by atoms with Crippen molar-refractivity contribution in [2.45, 2.75) is 13.8 Å². The molecule has 0 aliphatic heterocycles. The summed E-state index contributed by atoms with van der Waals surface area (Å²) in [6, 6.07) is 7.32. The van der Waals surface area contributed by atoms with Crippen molar-refractivity contribution in [1.29, 1.82) is 0 Å². The zero-order valence-corrected chi connectivity index (χ0v) is 11.3. The molecule has 0 aliphatic carbocycles. The molecule has 0 bridgehead atoms. The fraction of sp³-hybridized carbons (Fsp3) is 0.364. The van der Waals surface area contributed by atoms with Crippen molar-refractivity contribution in [3.05, 3.63) is 24.3 Å². The monoisotopic (exact) mass is 275 g/mol. The first-order chi connectivity index (χ1) is 8.22. The molecule has 1 rings (SSSR count). The Hall–Kier alpha value is -1.60. The molecule has 1 aromatic carbocycles. The highest BCUT2D eigenvalue weighted by atomic mass is 32.2. The van der Waals surface area contributed by atoms with Crippen LogP contribution in [0.15, 0.2) is 24.3 Å². The Kier molecular flexibility index (Phi) is 6.99. The maximum atomic E-state index is 10.7. The highest BCUT2D eigenvalue weighted by Gasteiger charge is 1.96. The van der Waals surface area contributed by atoms with Gasteiger partial charge in [-0.15, -0.1) is 0 Å². The summed E-state index contributed by atoms with van der Waals surface area (Å²) in [6.45, 7) is 4.03. The van der Waals surface area contributed by atoms with Gasteiger partial charge < -0.3 is 10.1 Å². The molecule has 0 fully saturated rings. The van der Waals surface area contributed by atoms with E-state index in [2.05, 4.69) is 5.32 Å². The number of anilines is 1. The third-order valence-electron chi connectivity index (χ3n) is 1.47. The summed E-state index contributed by atoms with van der Waals surface area (Å²) in [5.41, 5.74) is 0.762. The minimum absolute atomic E-state index is 0.0753. The third-order valence-corrected chi connectivity index (χ3v) is 1.47. The van der Waals surface area contributed by atoms with E-state index in [1.807, 2.05) is 25.1 Å². The van der Waals surface area contributed by atoms with Crippen LogP contribution < -0.4 is 10.1 Å². The fourth-order valence-corrected chi connectivity index (χ4v) is 1.03. The van der Waals surface area contributed by atoms with Crippen LogP contribution in [-0.2, 0) is 14.9 Å². The smallest absolute Gasteiger partial charge is 0.261 e. The van der Waals surface area contributed by atoms with Gasteiger partial charge in [0, 0.05) is 18.7 Å². The Bertz CT molecular complexity index is 476. The van der Waals surface area contributed by atoms with E-state index < -0.39 is 10.1 Å². The van der Waals surface area contributed by atoms with Gasteiger partial charge in [0.25, 0.3) is 10.1 Å². The SMILES string of the molecule is CCOc1cccc(NC(C)=O)c1.CS(=O)(=O)O. The first-order valence-corrected chi connectivity index (χ1v) is 7.00. The molecular weight excluding hydrogens is 258 g/mol. The van der Waals surface area contributed by atoms with E-state index in [1.54, 1.807) is 6.07 Å². The molecule has 0 radical (unpaired) electrons. The number of rotatable bonds is 3. The van der Waals surface area contributed by atoms with E-state index in [1.165, 1.54) is 6.92 Å². The molecule has 0 heterocycles. The first kappa shape index (κ1) is 16.4. The van der Waals surface area contributed by atoms with Crippen molar-refractivity contribution in [2.75, 3.05) is 18.2 Å². The fourth-order valence-electron chi connectivity index (χ4n) is 1.03. The van der Waals surface area contributed by atoms with E-state index in [0.29, 0.717) is 12.9 Å². The molecule has 102 valence electrons. The zero-order chi connectivity index (χ0) is 14.2. The van der Waals surface area contributed by atoms with Crippen LogP contribution in [-0.4, -0.2) is 31.7 Å². The van der Waals surface area contributed by atoms with Crippen LogP contribution in [0.1, 0.15) is 13.8 Å². The number of nitrogens with one attached hydrogen (secondary N) is 1. The summed E-state index contributed by atoms with van der Waals surface area (Å²) in [6.07, 6.45) is 0.715. The first-order valence-electron chi connectivity index (χ1n) is 5.15. The normalized spacial score (nSPS) is 10.0. The van der Waals surface area contributed by atoms with Gasteiger partial charge >= 0.3 is 0 Å². The van der Waals surface area contributed by atoms with Gasteiger partial charge in [-0.25, -0.2) is 0 Å². The second kappa shape index (κ2) is 7.67. The van der Waals surface area contributed by atoms with Crippen molar-refractivity contribution >= 4 is 21.7 Å².